The average Bonchev–Trinajstić information content (AvgIpc) is 2.75. The molecule has 0 aliphatic heterocycles. The van der Waals surface area contributed by atoms with Crippen LogP contribution < -0.4 is 0 Å². The van der Waals surface area contributed by atoms with Crippen LogP contribution in [0.4, 0.5) is 0 Å². The molecule has 4 heteroatoms. The SMILES string of the molecule is Cc1nc(CC(O)c2ccsc2)cs1. The summed E-state index contributed by atoms with van der Waals surface area (Å²) in [6.07, 6.45) is 0.198. The number of aliphatic hydroxyl groups is 1. The van der Waals surface area contributed by atoms with Crippen LogP contribution in [-0.2, 0) is 6.42 Å². The number of rotatable bonds is 3. The number of thiophene rings is 1. The minimum Gasteiger partial charge on any atom is -0.388 e. The zero-order chi connectivity index (χ0) is 9.97. The number of nitrogens with zero attached hydrogens (tertiary/aromatic N) is 1. The lowest BCUT2D eigenvalue weighted by Crippen LogP contribution is -2.00. The standard InChI is InChI=1S/C10H11NOS2/c1-7-11-9(6-14-7)4-10(12)8-2-3-13-5-8/h2-3,5-6,10,12H,4H2,1H3. The molecule has 14 heavy (non-hydrogen) atoms. The Kier molecular flexibility index (Phi) is 2.96. The van der Waals surface area contributed by atoms with Gasteiger partial charge in [0.2, 0.25) is 0 Å². The molecule has 74 valence electrons. The van der Waals surface area contributed by atoms with Gasteiger partial charge < -0.3 is 5.11 Å². The molecule has 2 heterocycles. The Labute approximate surface area is 90.9 Å². The van der Waals surface area contributed by atoms with E-state index < -0.39 is 6.10 Å². The van der Waals surface area contributed by atoms with Crippen LogP contribution >= 0.6 is 22.7 Å². The lowest BCUT2D eigenvalue weighted by molar-refractivity contribution is 0.178. The Morgan fingerprint density at radius 1 is 1.50 bits per heavy atom. The molecule has 0 bridgehead atoms. The summed E-state index contributed by atoms with van der Waals surface area (Å²) in [5, 5.41) is 16.9. The lowest BCUT2D eigenvalue weighted by Gasteiger charge is -2.05. The summed E-state index contributed by atoms with van der Waals surface area (Å²) in [6.45, 7) is 1.98. The van der Waals surface area contributed by atoms with E-state index in [0.717, 1.165) is 16.3 Å². The van der Waals surface area contributed by atoms with Crippen molar-refractivity contribution in [2.75, 3.05) is 0 Å². The van der Waals surface area contributed by atoms with Crippen molar-refractivity contribution in [1.29, 1.82) is 0 Å². The predicted molar refractivity (Wildman–Crippen MR) is 59.8 cm³/mol. The second-order valence-electron chi connectivity index (χ2n) is 3.13. The number of hydrogen-bond acceptors (Lipinski definition) is 4. The summed E-state index contributed by atoms with van der Waals surface area (Å²) in [5.74, 6) is 0. The minimum absolute atomic E-state index is 0.414. The second kappa shape index (κ2) is 4.21. The number of aromatic nitrogens is 1. The van der Waals surface area contributed by atoms with Gasteiger partial charge in [0.25, 0.3) is 0 Å². The molecule has 0 aliphatic rings. The molecule has 0 fully saturated rings. The van der Waals surface area contributed by atoms with Crippen molar-refractivity contribution in [3.05, 3.63) is 38.5 Å². The first-order valence-corrected chi connectivity index (χ1v) is 6.19. The number of thiazole rings is 1. The molecule has 1 unspecified atom stereocenters. The van der Waals surface area contributed by atoms with Gasteiger partial charge in [0.05, 0.1) is 16.8 Å². The maximum atomic E-state index is 9.84. The molecule has 0 spiro atoms. The van der Waals surface area contributed by atoms with Crippen LogP contribution in [0.2, 0.25) is 0 Å². The van der Waals surface area contributed by atoms with Gasteiger partial charge in [-0.25, -0.2) is 4.98 Å². The Morgan fingerprint density at radius 3 is 2.93 bits per heavy atom. The van der Waals surface area contributed by atoms with E-state index in [4.69, 9.17) is 0 Å². The van der Waals surface area contributed by atoms with Crippen LogP contribution in [0.25, 0.3) is 0 Å². The Hall–Kier alpha value is -0.710. The lowest BCUT2D eigenvalue weighted by atomic mass is 10.1. The maximum Gasteiger partial charge on any atom is 0.0897 e. The predicted octanol–water partition coefficient (Wildman–Crippen LogP) is 2.79. The Morgan fingerprint density at radius 2 is 2.36 bits per heavy atom. The molecular weight excluding hydrogens is 214 g/mol. The quantitative estimate of drug-likeness (QED) is 0.871. The van der Waals surface area contributed by atoms with Gasteiger partial charge in [0.15, 0.2) is 0 Å². The molecule has 0 amide bonds. The summed E-state index contributed by atoms with van der Waals surface area (Å²) in [7, 11) is 0. The first kappa shape index (κ1) is 9.83. The number of aryl methyl sites for hydroxylation is 1. The fraction of sp³-hybridized carbons (Fsp3) is 0.300. The highest BCUT2D eigenvalue weighted by molar-refractivity contribution is 7.09. The van der Waals surface area contributed by atoms with Gasteiger partial charge in [-0.1, -0.05) is 0 Å². The minimum atomic E-state index is -0.414. The van der Waals surface area contributed by atoms with E-state index in [0.29, 0.717) is 6.42 Å². The van der Waals surface area contributed by atoms with E-state index in [9.17, 15) is 5.11 Å². The molecular formula is C10H11NOS2. The van der Waals surface area contributed by atoms with Crippen LogP contribution in [0, 0.1) is 6.92 Å². The summed E-state index contributed by atoms with van der Waals surface area (Å²) in [4.78, 5) is 4.32. The van der Waals surface area contributed by atoms with Crippen molar-refractivity contribution in [3.63, 3.8) is 0 Å². The monoisotopic (exact) mass is 225 g/mol. The molecule has 2 aromatic rings. The third-order valence-corrected chi connectivity index (χ3v) is 3.52. The van der Waals surface area contributed by atoms with Gasteiger partial charge in [0, 0.05) is 11.8 Å². The highest BCUT2D eigenvalue weighted by Gasteiger charge is 2.10. The third-order valence-electron chi connectivity index (χ3n) is 2.00. The van der Waals surface area contributed by atoms with Gasteiger partial charge in [-0.3, -0.25) is 0 Å². The largest absolute Gasteiger partial charge is 0.388 e. The molecule has 0 radical (unpaired) electrons. The molecule has 1 N–H and O–H groups in total. The first-order chi connectivity index (χ1) is 6.75. The van der Waals surface area contributed by atoms with E-state index in [-0.39, 0.29) is 0 Å². The van der Waals surface area contributed by atoms with Crippen LogP contribution in [-0.4, -0.2) is 10.1 Å². The van der Waals surface area contributed by atoms with Crippen LogP contribution in [0.1, 0.15) is 22.4 Å². The van der Waals surface area contributed by atoms with E-state index >= 15 is 0 Å². The third kappa shape index (κ3) is 2.20. The van der Waals surface area contributed by atoms with Gasteiger partial charge >= 0.3 is 0 Å². The van der Waals surface area contributed by atoms with Gasteiger partial charge in [-0.2, -0.15) is 11.3 Å². The zero-order valence-electron chi connectivity index (χ0n) is 7.80. The topological polar surface area (TPSA) is 33.1 Å². The van der Waals surface area contributed by atoms with Crippen molar-refractivity contribution in [2.45, 2.75) is 19.4 Å². The molecule has 0 aromatic carbocycles. The molecule has 0 aliphatic carbocycles. The smallest absolute Gasteiger partial charge is 0.0897 e. The Balaban J connectivity index is 2.05. The number of aliphatic hydroxyl groups excluding tert-OH is 1. The average molecular weight is 225 g/mol. The van der Waals surface area contributed by atoms with E-state index in [1.807, 2.05) is 29.1 Å². The zero-order valence-corrected chi connectivity index (χ0v) is 9.44. The number of hydrogen-bond donors (Lipinski definition) is 1. The summed E-state index contributed by atoms with van der Waals surface area (Å²) in [6, 6.07) is 1.95. The van der Waals surface area contributed by atoms with Crippen LogP contribution in [0.15, 0.2) is 22.2 Å². The fourth-order valence-corrected chi connectivity index (χ4v) is 2.62. The summed E-state index contributed by atoms with van der Waals surface area (Å²) in [5.41, 5.74) is 1.96. The van der Waals surface area contributed by atoms with Crippen molar-refractivity contribution in [3.8, 4) is 0 Å². The van der Waals surface area contributed by atoms with Crippen molar-refractivity contribution in [2.24, 2.45) is 0 Å². The summed E-state index contributed by atoms with van der Waals surface area (Å²) >= 11 is 3.23. The maximum absolute atomic E-state index is 9.84. The molecule has 0 saturated heterocycles. The van der Waals surface area contributed by atoms with Gasteiger partial charge in [0.1, 0.15) is 0 Å². The molecule has 2 nitrogen and oxygen atoms in total. The highest BCUT2D eigenvalue weighted by atomic mass is 32.1. The molecule has 1 atom stereocenters. The van der Waals surface area contributed by atoms with Crippen LogP contribution in [0.5, 0.6) is 0 Å². The van der Waals surface area contributed by atoms with E-state index in [1.165, 1.54) is 0 Å². The van der Waals surface area contributed by atoms with Crippen molar-refractivity contribution < 1.29 is 5.11 Å². The van der Waals surface area contributed by atoms with Crippen molar-refractivity contribution >= 4 is 22.7 Å². The summed E-state index contributed by atoms with van der Waals surface area (Å²) < 4.78 is 0. The molecule has 2 aromatic heterocycles. The van der Waals surface area contributed by atoms with Crippen molar-refractivity contribution in [1.82, 2.24) is 4.98 Å². The molecule has 0 saturated carbocycles. The van der Waals surface area contributed by atoms with Gasteiger partial charge in [-0.05, 0) is 29.3 Å². The molecule has 2 rings (SSSR count). The normalized spacial score (nSPS) is 13.0. The van der Waals surface area contributed by atoms with E-state index in [1.54, 1.807) is 22.7 Å². The highest BCUT2D eigenvalue weighted by Crippen LogP contribution is 2.21. The fourth-order valence-electron chi connectivity index (χ4n) is 1.28. The van der Waals surface area contributed by atoms with E-state index in [2.05, 4.69) is 4.98 Å². The first-order valence-electron chi connectivity index (χ1n) is 4.37. The Bertz CT molecular complexity index is 394. The second-order valence-corrected chi connectivity index (χ2v) is 4.98. The van der Waals surface area contributed by atoms with Gasteiger partial charge in [-0.15, -0.1) is 11.3 Å². The van der Waals surface area contributed by atoms with Crippen LogP contribution in [0.3, 0.4) is 0 Å².